The van der Waals surface area contributed by atoms with Crippen molar-refractivity contribution < 1.29 is 14.4 Å². The third-order valence-corrected chi connectivity index (χ3v) is 3.79. The van der Waals surface area contributed by atoms with Crippen LogP contribution in [0.25, 0.3) is 0 Å². The number of ether oxygens (including phenoxy) is 1. The van der Waals surface area contributed by atoms with E-state index in [0.717, 1.165) is 22.4 Å². The van der Waals surface area contributed by atoms with Crippen LogP contribution in [0.15, 0.2) is 12.1 Å². The fourth-order valence-electron chi connectivity index (χ4n) is 2.87. The van der Waals surface area contributed by atoms with Gasteiger partial charge in [-0.15, -0.1) is 0 Å². The van der Waals surface area contributed by atoms with Crippen molar-refractivity contribution in [3.8, 4) is 5.75 Å². The van der Waals surface area contributed by atoms with E-state index in [1.807, 2.05) is 6.92 Å². The van der Waals surface area contributed by atoms with E-state index < -0.39 is 0 Å². The van der Waals surface area contributed by atoms with Gasteiger partial charge < -0.3 is 4.74 Å². The number of carbonyl (C=O) groups excluding carboxylic acids is 1. The first-order valence-corrected chi connectivity index (χ1v) is 6.25. The van der Waals surface area contributed by atoms with Crippen molar-refractivity contribution in [2.45, 2.75) is 26.8 Å². The number of amides is 1. The molecule has 1 amide bonds. The monoisotopic (exact) mass is 247 g/mol. The Kier molecular flexibility index (Phi) is 2.55. The summed E-state index contributed by atoms with van der Waals surface area (Å²) < 4.78 is 5.86. The number of hydrogen-bond donors (Lipinski definition) is 0. The summed E-state index contributed by atoms with van der Waals surface area (Å²) in [5.41, 5.74) is 3.38. The number of hydrogen-bond acceptors (Lipinski definition) is 3. The summed E-state index contributed by atoms with van der Waals surface area (Å²) in [6.07, 6.45) is 0. The summed E-state index contributed by atoms with van der Waals surface area (Å²) in [7, 11) is 0. The molecule has 0 N–H and O–H groups in total. The quantitative estimate of drug-likeness (QED) is 0.705. The van der Waals surface area contributed by atoms with Crippen LogP contribution >= 0.6 is 0 Å². The molecule has 0 unspecified atom stereocenters. The van der Waals surface area contributed by atoms with Gasteiger partial charge in [0.1, 0.15) is 5.75 Å². The molecule has 3 rings (SSSR count). The van der Waals surface area contributed by atoms with Gasteiger partial charge in [-0.1, -0.05) is 12.1 Å². The van der Waals surface area contributed by atoms with Crippen molar-refractivity contribution in [2.75, 3.05) is 13.2 Å². The predicted octanol–water partition coefficient (Wildman–Crippen LogP) is 2.15. The lowest BCUT2D eigenvalue weighted by molar-refractivity contribution is -0.174. The molecule has 0 aromatic heterocycles. The highest BCUT2D eigenvalue weighted by Crippen LogP contribution is 2.46. The van der Waals surface area contributed by atoms with Crippen LogP contribution in [0.4, 0.5) is 0 Å². The van der Waals surface area contributed by atoms with Gasteiger partial charge in [-0.3, -0.25) is 9.63 Å². The zero-order valence-corrected chi connectivity index (χ0v) is 10.9. The van der Waals surface area contributed by atoms with E-state index in [4.69, 9.17) is 9.57 Å². The van der Waals surface area contributed by atoms with Crippen LogP contribution in [0.3, 0.4) is 0 Å². The second-order valence-electron chi connectivity index (χ2n) is 5.10. The Labute approximate surface area is 106 Å². The van der Waals surface area contributed by atoms with Crippen molar-refractivity contribution >= 4 is 5.91 Å². The molecule has 4 nitrogen and oxygen atoms in total. The molecular formula is C14H17NO3. The maximum Gasteiger partial charge on any atom is 0.243 e. The SMILES string of the molecule is CC(=O)N1OC[C@@H]2COc3c(C)ccc(C)c3[C@@H]21. The number of nitrogens with zero attached hydrogens (tertiary/aromatic N) is 1. The molecule has 2 aliphatic heterocycles. The maximum atomic E-state index is 11.7. The molecule has 1 fully saturated rings. The van der Waals surface area contributed by atoms with Gasteiger partial charge in [0.15, 0.2) is 0 Å². The standard InChI is InChI=1S/C14H17NO3/c1-8-4-5-9(2)14-12(8)13-11(6-17-14)7-18-15(13)10(3)16/h4-5,11,13H,6-7H2,1-3H3/t11-,13+/m0/s1. The van der Waals surface area contributed by atoms with Gasteiger partial charge in [0.25, 0.3) is 0 Å². The lowest BCUT2D eigenvalue weighted by atomic mass is 9.87. The fraction of sp³-hybridized carbons (Fsp3) is 0.500. The Morgan fingerprint density at radius 3 is 2.72 bits per heavy atom. The highest BCUT2D eigenvalue weighted by Gasteiger charge is 2.44. The molecule has 4 heteroatoms. The Bertz CT molecular complexity index is 512. The number of hydroxylamine groups is 2. The van der Waals surface area contributed by atoms with Gasteiger partial charge in [-0.25, -0.2) is 5.06 Å². The van der Waals surface area contributed by atoms with Gasteiger partial charge in [-0.05, 0) is 25.0 Å². The van der Waals surface area contributed by atoms with Gasteiger partial charge in [0.05, 0.1) is 19.3 Å². The van der Waals surface area contributed by atoms with Crippen LogP contribution in [0.5, 0.6) is 5.75 Å². The summed E-state index contributed by atoms with van der Waals surface area (Å²) in [5, 5.41) is 1.51. The van der Waals surface area contributed by atoms with Gasteiger partial charge >= 0.3 is 0 Å². The van der Waals surface area contributed by atoms with Crippen LogP contribution in [-0.4, -0.2) is 24.2 Å². The van der Waals surface area contributed by atoms with E-state index in [9.17, 15) is 4.79 Å². The molecule has 0 bridgehead atoms. The van der Waals surface area contributed by atoms with E-state index in [1.54, 1.807) is 6.92 Å². The molecule has 1 aromatic carbocycles. The molecule has 0 spiro atoms. The molecule has 2 heterocycles. The fourth-order valence-corrected chi connectivity index (χ4v) is 2.87. The van der Waals surface area contributed by atoms with Crippen LogP contribution < -0.4 is 4.74 Å². The minimum absolute atomic E-state index is 0.00569. The molecule has 2 atom stereocenters. The highest BCUT2D eigenvalue weighted by atomic mass is 16.7. The van der Waals surface area contributed by atoms with Gasteiger partial charge in [0.2, 0.25) is 5.91 Å². The maximum absolute atomic E-state index is 11.7. The van der Waals surface area contributed by atoms with Crippen LogP contribution in [0.1, 0.15) is 29.7 Å². The minimum atomic E-state index is -0.0451. The average Bonchev–Trinajstić information content (AvgIpc) is 2.77. The Balaban J connectivity index is 2.14. The third-order valence-electron chi connectivity index (χ3n) is 3.79. The largest absolute Gasteiger partial charge is 0.492 e. The molecule has 2 aliphatic rings. The first kappa shape index (κ1) is 11.5. The van der Waals surface area contributed by atoms with Crippen LogP contribution in [0.2, 0.25) is 0 Å². The lowest BCUT2D eigenvalue weighted by Crippen LogP contribution is -2.34. The van der Waals surface area contributed by atoms with E-state index in [1.165, 1.54) is 5.06 Å². The molecule has 1 aromatic rings. The molecule has 0 aliphatic carbocycles. The zero-order chi connectivity index (χ0) is 12.9. The molecular weight excluding hydrogens is 230 g/mol. The predicted molar refractivity (Wildman–Crippen MR) is 66.1 cm³/mol. The van der Waals surface area contributed by atoms with Crippen molar-refractivity contribution in [2.24, 2.45) is 5.92 Å². The Morgan fingerprint density at radius 2 is 2.00 bits per heavy atom. The normalized spacial score (nSPS) is 25.4. The number of carbonyl (C=O) groups is 1. The van der Waals surface area contributed by atoms with Crippen molar-refractivity contribution in [1.82, 2.24) is 5.06 Å². The first-order valence-electron chi connectivity index (χ1n) is 6.25. The number of fused-ring (bicyclic) bond motifs is 3. The van der Waals surface area contributed by atoms with E-state index >= 15 is 0 Å². The van der Waals surface area contributed by atoms with Gasteiger partial charge in [0, 0.05) is 18.4 Å². The van der Waals surface area contributed by atoms with E-state index in [0.29, 0.717) is 13.2 Å². The Morgan fingerprint density at radius 1 is 1.28 bits per heavy atom. The van der Waals surface area contributed by atoms with Gasteiger partial charge in [-0.2, -0.15) is 0 Å². The summed E-state index contributed by atoms with van der Waals surface area (Å²) in [4.78, 5) is 17.2. The van der Waals surface area contributed by atoms with Crippen molar-refractivity contribution in [3.63, 3.8) is 0 Å². The van der Waals surface area contributed by atoms with E-state index in [-0.39, 0.29) is 17.9 Å². The molecule has 1 saturated heterocycles. The first-order chi connectivity index (χ1) is 8.59. The minimum Gasteiger partial charge on any atom is -0.492 e. The summed E-state index contributed by atoms with van der Waals surface area (Å²) in [5.74, 6) is 1.12. The second kappa shape index (κ2) is 3.99. The third kappa shape index (κ3) is 1.52. The zero-order valence-electron chi connectivity index (χ0n) is 10.9. The Hall–Kier alpha value is -1.55. The number of rotatable bonds is 0. The van der Waals surface area contributed by atoms with Crippen LogP contribution in [0, 0.1) is 19.8 Å². The molecule has 0 radical (unpaired) electrons. The van der Waals surface area contributed by atoms with E-state index in [2.05, 4.69) is 19.1 Å². The summed E-state index contributed by atoms with van der Waals surface area (Å²) in [6.45, 7) is 6.80. The topological polar surface area (TPSA) is 38.8 Å². The second-order valence-corrected chi connectivity index (χ2v) is 5.10. The molecule has 18 heavy (non-hydrogen) atoms. The van der Waals surface area contributed by atoms with Crippen molar-refractivity contribution in [1.29, 1.82) is 0 Å². The lowest BCUT2D eigenvalue weighted by Gasteiger charge is -2.33. The molecule has 96 valence electrons. The number of aryl methyl sites for hydroxylation is 2. The summed E-state index contributed by atoms with van der Waals surface area (Å²) >= 11 is 0. The highest BCUT2D eigenvalue weighted by molar-refractivity contribution is 5.73. The average molecular weight is 247 g/mol. The van der Waals surface area contributed by atoms with Crippen LogP contribution in [-0.2, 0) is 9.63 Å². The number of benzene rings is 1. The summed E-state index contributed by atoms with van der Waals surface area (Å²) in [6, 6.07) is 4.14. The molecule has 0 saturated carbocycles. The smallest absolute Gasteiger partial charge is 0.243 e. The van der Waals surface area contributed by atoms with Crippen molar-refractivity contribution in [3.05, 3.63) is 28.8 Å².